The molecule has 1 saturated heterocycles. The minimum Gasteiger partial charge on any atom is -0.454 e. The van der Waals surface area contributed by atoms with Crippen molar-refractivity contribution in [1.29, 1.82) is 0 Å². The zero-order chi connectivity index (χ0) is 29.9. The summed E-state index contributed by atoms with van der Waals surface area (Å²) in [5.41, 5.74) is 1.41. The van der Waals surface area contributed by atoms with E-state index in [-0.39, 0.29) is 29.9 Å². The Hall–Kier alpha value is -2.14. The van der Waals surface area contributed by atoms with Gasteiger partial charge >= 0.3 is 0 Å². The topological polar surface area (TPSA) is 72.9 Å². The summed E-state index contributed by atoms with van der Waals surface area (Å²) < 4.78 is 17.8. The van der Waals surface area contributed by atoms with Crippen LogP contribution in [0, 0.1) is 0 Å². The van der Waals surface area contributed by atoms with E-state index in [1.165, 1.54) is 11.3 Å². The van der Waals surface area contributed by atoms with E-state index in [4.69, 9.17) is 37.1 Å². The molecule has 2 aromatic carbocycles. The molecule has 2 fully saturated rings. The second-order valence-electron chi connectivity index (χ2n) is 13.0. The predicted molar refractivity (Wildman–Crippen MR) is 171 cm³/mol. The van der Waals surface area contributed by atoms with Crippen LogP contribution in [0.15, 0.2) is 42.6 Å². The summed E-state index contributed by atoms with van der Waals surface area (Å²) >= 11 is 14.3. The third-order valence-corrected chi connectivity index (χ3v) is 15.4. The number of rotatable bonds is 8. The number of halogens is 2. The maximum Gasteiger partial charge on any atom is 0.236 e. The Morgan fingerprint density at radius 3 is 2.62 bits per heavy atom. The highest BCUT2D eigenvalue weighted by atomic mass is 35.5. The fraction of sp³-hybridized carbons (Fsp3) is 0.484. The van der Waals surface area contributed by atoms with Gasteiger partial charge in [-0.15, -0.1) is 0 Å². The standard InChI is InChI=1S/C31H37Cl2N3O4SSi/c1-30(2,3)42(4,5)40-21-10-13-36(17-21)27(19-6-8-22(32)23(33)14-19)26-16-34-29(41-26)35-28(37)31(11-12-31)20-7-9-24-25(15-20)39-18-38-24/h6-9,14-16,21,27H,10-13,17-18H2,1-5H3,(H,34,35,37)/t21-,27-/m1/s1. The summed E-state index contributed by atoms with van der Waals surface area (Å²) in [7, 11) is -1.91. The Labute approximate surface area is 262 Å². The lowest BCUT2D eigenvalue weighted by atomic mass is 9.94. The zero-order valence-corrected chi connectivity index (χ0v) is 28.0. The number of hydrogen-bond acceptors (Lipinski definition) is 7. The smallest absolute Gasteiger partial charge is 0.236 e. The monoisotopic (exact) mass is 645 g/mol. The molecule has 42 heavy (non-hydrogen) atoms. The fourth-order valence-corrected chi connectivity index (χ4v) is 8.23. The van der Waals surface area contributed by atoms with E-state index >= 15 is 0 Å². The van der Waals surface area contributed by atoms with Gasteiger partial charge < -0.3 is 19.2 Å². The molecule has 1 saturated carbocycles. The van der Waals surface area contributed by atoms with E-state index in [0.29, 0.717) is 26.7 Å². The van der Waals surface area contributed by atoms with Gasteiger partial charge in [0.1, 0.15) is 0 Å². The lowest BCUT2D eigenvalue weighted by Gasteiger charge is -2.38. The van der Waals surface area contributed by atoms with Crippen molar-refractivity contribution in [2.75, 3.05) is 25.2 Å². The first-order valence-electron chi connectivity index (χ1n) is 14.4. The molecule has 2 aliphatic heterocycles. The van der Waals surface area contributed by atoms with Crippen molar-refractivity contribution in [2.24, 2.45) is 0 Å². The number of anilines is 1. The summed E-state index contributed by atoms with van der Waals surface area (Å²) in [5.74, 6) is 1.36. The maximum atomic E-state index is 13.6. The molecule has 224 valence electrons. The van der Waals surface area contributed by atoms with Crippen molar-refractivity contribution in [3.8, 4) is 11.5 Å². The molecule has 0 spiro atoms. The maximum absolute atomic E-state index is 13.6. The highest BCUT2D eigenvalue weighted by Crippen LogP contribution is 2.51. The number of nitrogens with one attached hydrogen (secondary N) is 1. The van der Waals surface area contributed by atoms with Crippen LogP contribution in [0.5, 0.6) is 11.5 Å². The van der Waals surface area contributed by atoms with Gasteiger partial charge in [0.15, 0.2) is 24.9 Å². The summed E-state index contributed by atoms with van der Waals surface area (Å²) in [6.45, 7) is 13.3. The number of ether oxygens (including phenoxy) is 2. The summed E-state index contributed by atoms with van der Waals surface area (Å²) in [4.78, 5) is 21.7. The molecule has 7 nitrogen and oxygen atoms in total. The second kappa shape index (κ2) is 11.1. The SMILES string of the molecule is CC(C)(C)[Si](C)(C)O[C@@H]1CCN([C@H](c2ccc(Cl)c(Cl)c2)c2cnc(NC(=O)C3(c4ccc5c(c4)OCO5)CC3)s2)C1. The first-order valence-corrected chi connectivity index (χ1v) is 18.9. The van der Waals surface area contributed by atoms with Crippen molar-refractivity contribution in [2.45, 2.75) is 75.7 Å². The van der Waals surface area contributed by atoms with Gasteiger partial charge in [0.25, 0.3) is 0 Å². The molecule has 0 bridgehead atoms. The van der Waals surface area contributed by atoms with Gasteiger partial charge in [0.2, 0.25) is 12.7 Å². The summed E-state index contributed by atoms with van der Waals surface area (Å²) in [6.07, 6.45) is 4.57. The average molecular weight is 647 g/mol. The molecule has 3 aliphatic rings. The Kier molecular flexibility index (Phi) is 7.90. The Bertz CT molecular complexity index is 1500. The van der Waals surface area contributed by atoms with Gasteiger partial charge in [-0.05, 0) is 72.8 Å². The molecule has 0 radical (unpaired) electrons. The molecule has 11 heteroatoms. The van der Waals surface area contributed by atoms with Gasteiger partial charge in [-0.3, -0.25) is 9.69 Å². The van der Waals surface area contributed by atoms with E-state index in [0.717, 1.165) is 48.4 Å². The van der Waals surface area contributed by atoms with Crippen LogP contribution < -0.4 is 14.8 Å². The van der Waals surface area contributed by atoms with Crippen molar-refractivity contribution < 1.29 is 18.7 Å². The number of fused-ring (bicyclic) bond motifs is 1. The van der Waals surface area contributed by atoms with Crippen LogP contribution in [-0.2, 0) is 14.6 Å². The summed E-state index contributed by atoms with van der Waals surface area (Å²) in [6, 6.07) is 11.5. The predicted octanol–water partition coefficient (Wildman–Crippen LogP) is 8.03. The molecule has 2 atom stereocenters. The number of aromatic nitrogens is 1. The Morgan fingerprint density at radius 1 is 1.14 bits per heavy atom. The van der Waals surface area contributed by atoms with Gasteiger partial charge in [0.05, 0.1) is 27.6 Å². The number of carbonyl (C=O) groups is 1. The van der Waals surface area contributed by atoms with Gasteiger partial charge in [-0.2, -0.15) is 0 Å². The molecule has 1 aromatic heterocycles. The molecule has 0 unspecified atom stereocenters. The number of thiazole rings is 1. The number of likely N-dealkylation sites (tertiary alicyclic amines) is 1. The Morgan fingerprint density at radius 2 is 1.90 bits per heavy atom. The minimum absolute atomic E-state index is 0.0441. The second-order valence-corrected chi connectivity index (χ2v) is 19.7. The first-order chi connectivity index (χ1) is 19.9. The van der Waals surface area contributed by atoms with Crippen molar-refractivity contribution in [3.05, 3.63) is 68.6 Å². The third kappa shape index (κ3) is 5.72. The van der Waals surface area contributed by atoms with E-state index in [1.54, 1.807) is 0 Å². The number of hydrogen-bond donors (Lipinski definition) is 1. The van der Waals surface area contributed by atoms with Crippen LogP contribution in [0.4, 0.5) is 5.13 Å². The van der Waals surface area contributed by atoms with Gasteiger partial charge in [-0.25, -0.2) is 4.98 Å². The molecule has 1 N–H and O–H groups in total. The quantitative estimate of drug-likeness (QED) is 0.250. The summed E-state index contributed by atoms with van der Waals surface area (Å²) in [5, 5.41) is 4.89. The van der Waals surface area contributed by atoms with E-state index < -0.39 is 13.7 Å². The lowest BCUT2D eigenvalue weighted by Crippen LogP contribution is -2.44. The van der Waals surface area contributed by atoms with Crippen LogP contribution in [0.2, 0.25) is 28.2 Å². The van der Waals surface area contributed by atoms with E-state index in [1.807, 2.05) is 42.6 Å². The number of carbonyl (C=O) groups excluding carboxylic acids is 1. The van der Waals surface area contributed by atoms with Crippen molar-refractivity contribution >= 4 is 53.9 Å². The third-order valence-electron chi connectivity index (χ3n) is 9.19. The molecule has 1 aliphatic carbocycles. The lowest BCUT2D eigenvalue weighted by molar-refractivity contribution is -0.118. The van der Waals surface area contributed by atoms with Crippen LogP contribution in [0.1, 0.15) is 62.1 Å². The van der Waals surface area contributed by atoms with Crippen LogP contribution in [0.25, 0.3) is 0 Å². The van der Waals surface area contributed by atoms with E-state index in [9.17, 15) is 4.79 Å². The molecule has 3 heterocycles. The largest absolute Gasteiger partial charge is 0.454 e. The fourth-order valence-electron chi connectivity index (χ4n) is 5.57. The van der Waals surface area contributed by atoms with Crippen LogP contribution in [-0.4, -0.2) is 50.1 Å². The van der Waals surface area contributed by atoms with Crippen molar-refractivity contribution in [3.63, 3.8) is 0 Å². The van der Waals surface area contributed by atoms with Gasteiger partial charge in [0, 0.05) is 24.2 Å². The Balaban J connectivity index is 1.22. The number of benzene rings is 2. The van der Waals surface area contributed by atoms with E-state index in [2.05, 4.69) is 49.1 Å². The highest BCUT2D eigenvalue weighted by molar-refractivity contribution is 7.15. The van der Waals surface area contributed by atoms with Crippen LogP contribution >= 0.6 is 34.5 Å². The molecule has 6 rings (SSSR count). The molecular weight excluding hydrogens is 609 g/mol. The normalized spacial score (nSPS) is 20.5. The zero-order valence-electron chi connectivity index (χ0n) is 24.6. The number of nitrogens with zero attached hydrogens (tertiary/aromatic N) is 2. The average Bonchev–Trinajstić information content (AvgIpc) is 3.22. The minimum atomic E-state index is -1.91. The van der Waals surface area contributed by atoms with Gasteiger partial charge in [-0.1, -0.05) is 67.4 Å². The number of amides is 1. The highest BCUT2D eigenvalue weighted by Gasteiger charge is 2.52. The molecule has 3 aromatic rings. The van der Waals surface area contributed by atoms with Crippen molar-refractivity contribution in [1.82, 2.24) is 9.88 Å². The molecule has 1 amide bonds. The molecular formula is C31H37Cl2N3O4SSi. The first kappa shape index (κ1) is 29.9. The van der Waals surface area contributed by atoms with Crippen LogP contribution in [0.3, 0.4) is 0 Å².